The molecule has 2 heterocycles. The van der Waals surface area contributed by atoms with E-state index in [9.17, 15) is 0 Å². The maximum absolute atomic E-state index is 5.80. The van der Waals surface area contributed by atoms with Crippen LogP contribution >= 0.6 is 0 Å². The van der Waals surface area contributed by atoms with Crippen molar-refractivity contribution in [1.82, 2.24) is 15.1 Å². The summed E-state index contributed by atoms with van der Waals surface area (Å²) >= 11 is 0. The predicted octanol–water partition coefficient (Wildman–Crippen LogP) is 2.06. The smallest absolute Gasteiger partial charge is 0.0612 e. The standard InChI is InChI=1S/C14H25N3O/c1-11(2)14-9-13(5-8-18-14)16-12(3)10-17-7-4-6-15-17/h4,6-7,11-14,16H,5,8-10H2,1-3H3. The fraction of sp³-hybridized carbons (Fsp3) is 0.786. The summed E-state index contributed by atoms with van der Waals surface area (Å²) in [5.74, 6) is 0.607. The number of aromatic nitrogens is 2. The molecule has 3 atom stereocenters. The first-order chi connectivity index (χ1) is 8.65. The Morgan fingerprint density at radius 2 is 2.28 bits per heavy atom. The molecule has 1 N–H and O–H groups in total. The van der Waals surface area contributed by atoms with E-state index in [1.165, 1.54) is 0 Å². The van der Waals surface area contributed by atoms with Gasteiger partial charge in [0.05, 0.1) is 12.6 Å². The number of ether oxygens (including phenoxy) is 1. The van der Waals surface area contributed by atoms with Crippen molar-refractivity contribution in [2.24, 2.45) is 5.92 Å². The number of rotatable bonds is 5. The van der Waals surface area contributed by atoms with Gasteiger partial charge in [-0.05, 0) is 31.7 Å². The summed E-state index contributed by atoms with van der Waals surface area (Å²) in [6.45, 7) is 8.51. The van der Waals surface area contributed by atoms with E-state index in [0.717, 1.165) is 26.0 Å². The largest absolute Gasteiger partial charge is 0.378 e. The Kier molecular flexibility index (Phi) is 4.78. The van der Waals surface area contributed by atoms with Crippen molar-refractivity contribution in [2.75, 3.05) is 6.61 Å². The van der Waals surface area contributed by atoms with Crippen LogP contribution in [-0.4, -0.2) is 34.6 Å². The molecule has 4 nitrogen and oxygen atoms in total. The van der Waals surface area contributed by atoms with Crippen LogP contribution in [0, 0.1) is 5.92 Å². The molecule has 0 aliphatic carbocycles. The lowest BCUT2D eigenvalue weighted by molar-refractivity contribution is -0.0259. The molecule has 1 aromatic rings. The van der Waals surface area contributed by atoms with Gasteiger partial charge in [0.15, 0.2) is 0 Å². The Morgan fingerprint density at radius 1 is 1.44 bits per heavy atom. The van der Waals surface area contributed by atoms with Gasteiger partial charge in [0, 0.05) is 31.1 Å². The third kappa shape index (κ3) is 3.82. The zero-order valence-electron chi connectivity index (χ0n) is 11.7. The summed E-state index contributed by atoms with van der Waals surface area (Å²) in [5, 5.41) is 7.95. The normalized spacial score (nSPS) is 26.4. The number of hydrogen-bond acceptors (Lipinski definition) is 3. The first-order valence-electron chi connectivity index (χ1n) is 7.00. The Balaban J connectivity index is 1.78. The highest BCUT2D eigenvalue weighted by molar-refractivity contribution is 4.82. The minimum absolute atomic E-state index is 0.410. The number of hydrogen-bond donors (Lipinski definition) is 1. The van der Waals surface area contributed by atoms with E-state index < -0.39 is 0 Å². The van der Waals surface area contributed by atoms with Gasteiger partial charge < -0.3 is 10.1 Å². The van der Waals surface area contributed by atoms with E-state index in [1.807, 2.05) is 23.1 Å². The molecule has 1 aliphatic rings. The molecule has 1 saturated heterocycles. The zero-order chi connectivity index (χ0) is 13.0. The molecular weight excluding hydrogens is 226 g/mol. The van der Waals surface area contributed by atoms with Gasteiger partial charge in [0.2, 0.25) is 0 Å². The van der Waals surface area contributed by atoms with Crippen molar-refractivity contribution in [3.63, 3.8) is 0 Å². The molecule has 3 unspecified atom stereocenters. The Bertz CT molecular complexity index is 337. The molecule has 1 fully saturated rings. The molecule has 0 amide bonds. The van der Waals surface area contributed by atoms with Gasteiger partial charge in [0.1, 0.15) is 0 Å². The fourth-order valence-electron chi connectivity index (χ4n) is 2.59. The van der Waals surface area contributed by atoms with Gasteiger partial charge in [0.25, 0.3) is 0 Å². The molecule has 0 aromatic carbocycles. The summed E-state index contributed by atoms with van der Waals surface area (Å²) in [6, 6.07) is 2.99. The minimum Gasteiger partial charge on any atom is -0.378 e. The van der Waals surface area contributed by atoms with Crippen molar-refractivity contribution in [3.05, 3.63) is 18.5 Å². The second-order valence-corrected chi connectivity index (χ2v) is 5.67. The number of nitrogens with one attached hydrogen (secondary N) is 1. The third-order valence-electron chi connectivity index (χ3n) is 3.60. The summed E-state index contributed by atoms with van der Waals surface area (Å²) in [5.41, 5.74) is 0. The quantitative estimate of drug-likeness (QED) is 0.870. The average molecular weight is 251 g/mol. The van der Waals surface area contributed by atoms with Crippen LogP contribution in [0.15, 0.2) is 18.5 Å². The minimum atomic E-state index is 0.410. The SMILES string of the molecule is CC(Cn1cccn1)NC1CCOC(C(C)C)C1. The topological polar surface area (TPSA) is 39.1 Å². The van der Waals surface area contributed by atoms with Gasteiger partial charge >= 0.3 is 0 Å². The van der Waals surface area contributed by atoms with Crippen molar-refractivity contribution >= 4 is 0 Å². The highest BCUT2D eigenvalue weighted by Crippen LogP contribution is 2.20. The Morgan fingerprint density at radius 3 is 2.94 bits per heavy atom. The molecule has 0 radical (unpaired) electrons. The van der Waals surface area contributed by atoms with Gasteiger partial charge in [-0.3, -0.25) is 4.68 Å². The van der Waals surface area contributed by atoms with Crippen molar-refractivity contribution in [1.29, 1.82) is 0 Å². The molecule has 0 spiro atoms. The molecule has 1 aliphatic heterocycles. The van der Waals surface area contributed by atoms with Crippen molar-refractivity contribution in [2.45, 2.75) is 58.3 Å². The molecule has 18 heavy (non-hydrogen) atoms. The maximum Gasteiger partial charge on any atom is 0.0612 e. The van der Waals surface area contributed by atoms with E-state index in [0.29, 0.717) is 24.1 Å². The van der Waals surface area contributed by atoms with Crippen LogP contribution in [-0.2, 0) is 11.3 Å². The molecule has 2 rings (SSSR count). The zero-order valence-corrected chi connectivity index (χ0v) is 11.7. The molecule has 0 bridgehead atoms. The first-order valence-corrected chi connectivity index (χ1v) is 7.00. The maximum atomic E-state index is 5.80. The average Bonchev–Trinajstić information content (AvgIpc) is 2.82. The van der Waals surface area contributed by atoms with Crippen LogP contribution in [0.4, 0.5) is 0 Å². The lowest BCUT2D eigenvalue weighted by Crippen LogP contribution is -2.45. The fourth-order valence-corrected chi connectivity index (χ4v) is 2.59. The van der Waals surface area contributed by atoms with E-state index in [-0.39, 0.29) is 0 Å². The second-order valence-electron chi connectivity index (χ2n) is 5.67. The van der Waals surface area contributed by atoms with Gasteiger partial charge in [-0.1, -0.05) is 13.8 Å². The highest BCUT2D eigenvalue weighted by atomic mass is 16.5. The van der Waals surface area contributed by atoms with Crippen LogP contribution in [0.5, 0.6) is 0 Å². The van der Waals surface area contributed by atoms with E-state index >= 15 is 0 Å². The van der Waals surface area contributed by atoms with E-state index in [1.54, 1.807) is 0 Å². The van der Waals surface area contributed by atoms with Crippen LogP contribution in [0.2, 0.25) is 0 Å². The summed E-state index contributed by atoms with van der Waals surface area (Å²) in [6.07, 6.45) is 6.50. The lowest BCUT2D eigenvalue weighted by atomic mass is 9.95. The van der Waals surface area contributed by atoms with E-state index in [4.69, 9.17) is 4.74 Å². The van der Waals surface area contributed by atoms with Crippen molar-refractivity contribution < 1.29 is 4.74 Å². The Labute approximate surface area is 110 Å². The Hall–Kier alpha value is -0.870. The monoisotopic (exact) mass is 251 g/mol. The van der Waals surface area contributed by atoms with Crippen LogP contribution in [0.25, 0.3) is 0 Å². The van der Waals surface area contributed by atoms with Crippen LogP contribution in [0.3, 0.4) is 0 Å². The van der Waals surface area contributed by atoms with Crippen LogP contribution in [0.1, 0.15) is 33.6 Å². The summed E-state index contributed by atoms with van der Waals surface area (Å²) < 4.78 is 7.78. The number of nitrogens with zero attached hydrogens (tertiary/aromatic N) is 2. The van der Waals surface area contributed by atoms with Crippen LogP contribution < -0.4 is 5.32 Å². The molecule has 0 saturated carbocycles. The highest BCUT2D eigenvalue weighted by Gasteiger charge is 2.25. The second kappa shape index (κ2) is 6.34. The lowest BCUT2D eigenvalue weighted by Gasteiger charge is -2.34. The van der Waals surface area contributed by atoms with E-state index in [2.05, 4.69) is 31.2 Å². The summed E-state index contributed by atoms with van der Waals surface area (Å²) in [4.78, 5) is 0. The van der Waals surface area contributed by atoms with Gasteiger partial charge in [-0.2, -0.15) is 5.10 Å². The van der Waals surface area contributed by atoms with Gasteiger partial charge in [-0.25, -0.2) is 0 Å². The molecule has 102 valence electrons. The molecule has 1 aromatic heterocycles. The van der Waals surface area contributed by atoms with Crippen molar-refractivity contribution in [3.8, 4) is 0 Å². The van der Waals surface area contributed by atoms with Gasteiger partial charge in [-0.15, -0.1) is 0 Å². The molecular formula is C14H25N3O. The predicted molar refractivity (Wildman–Crippen MR) is 72.4 cm³/mol. The summed E-state index contributed by atoms with van der Waals surface area (Å²) in [7, 11) is 0. The molecule has 4 heteroatoms. The first kappa shape index (κ1) is 13.6. The third-order valence-corrected chi connectivity index (χ3v) is 3.60.